The summed E-state index contributed by atoms with van der Waals surface area (Å²) in [5, 5.41) is 10.1. The summed E-state index contributed by atoms with van der Waals surface area (Å²) in [5.74, 6) is 0.799. The van der Waals surface area contributed by atoms with E-state index in [1.54, 1.807) is 0 Å². The van der Waals surface area contributed by atoms with Crippen LogP contribution in [0.5, 0.6) is 5.75 Å². The molecule has 1 atom stereocenters. The number of ether oxygens (including phenoxy) is 1. The molecule has 0 heterocycles. The molecular formula is C16H24BrNO2. The molecule has 0 aromatic heterocycles. The quantitative estimate of drug-likeness (QED) is 0.860. The number of hydrogen-bond donors (Lipinski definition) is 1. The lowest BCUT2D eigenvalue weighted by Gasteiger charge is -2.32. The van der Waals surface area contributed by atoms with Gasteiger partial charge in [-0.3, -0.25) is 0 Å². The van der Waals surface area contributed by atoms with Gasteiger partial charge in [-0.15, -0.1) is 0 Å². The SMILES string of the molecule is CN(C[C@H](O)COc1ccc(Br)cc1)C1CCCCC1. The molecule has 0 spiro atoms. The maximum Gasteiger partial charge on any atom is 0.119 e. The van der Waals surface area contributed by atoms with Crippen LogP contribution in [0.15, 0.2) is 28.7 Å². The van der Waals surface area contributed by atoms with Crippen molar-refractivity contribution in [2.24, 2.45) is 0 Å². The molecule has 0 amide bonds. The monoisotopic (exact) mass is 341 g/mol. The van der Waals surface area contributed by atoms with Crippen molar-refractivity contribution in [1.29, 1.82) is 0 Å². The van der Waals surface area contributed by atoms with Gasteiger partial charge in [0.25, 0.3) is 0 Å². The van der Waals surface area contributed by atoms with Crippen LogP contribution < -0.4 is 4.74 Å². The fraction of sp³-hybridized carbons (Fsp3) is 0.625. The molecule has 1 aliphatic carbocycles. The van der Waals surface area contributed by atoms with E-state index in [1.807, 2.05) is 24.3 Å². The number of nitrogens with zero attached hydrogens (tertiary/aromatic N) is 1. The number of likely N-dealkylation sites (N-methyl/N-ethyl adjacent to an activating group) is 1. The predicted octanol–water partition coefficient (Wildman–Crippen LogP) is 3.45. The summed E-state index contributed by atoms with van der Waals surface area (Å²) in [5.41, 5.74) is 0. The van der Waals surface area contributed by atoms with Gasteiger partial charge in [0.15, 0.2) is 0 Å². The molecule has 1 N–H and O–H groups in total. The van der Waals surface area contributed by atoms with Gasteiger partial charge in [0.1, 0.15) is 18.5 Å². The second-order valence-electron chi connectivity index (χ2n) is 5.65. The van der Waals surface area contributed by atoms with Crippen molar-refractivity contribution in [2.75, 3.05) is 20.2 Å². The summed E-state index contributed by atoms with van der Waals surface area (Å²) in [6.45, 7) is 1.03. The predicted molar refractivity (Wildman–Crippen MR) is 85.1 cm³/mol. The number of hydrogen-bond acceptors (Lipinski definition) is 3. The fourth-order valence-corrected chi connectivity index (χ4v) is 3.04. The normalized spacial score (nSPS) is 18.2. The Morgan fingerprint density at radius 3 is 2.55 bits per heavy atom. The van der Waals surface area contributed by atoms with Gasteiger partial charge in [-0.05, 0) is 44.2 Å². The number of aliphatic hydroxyl groups is 1. The van der Waals surface area contributed by atoms with E-state index in [9.17, 15) is 5.11 Å². The first-order valence-corrected chi connectivity index (χ1v) is 8.21. The zero-order valence-electron chi connectivity index (χ0n) is 12.1. The van der Waals surface area contributed by atoms with E-state index in [0.717, 1.165) is 10.2 Å². The zero-order chi connectivity index (χ0) is 14.4. The Kier molecular flexibility index (Phi) is 6.33. The lowest BCUT2D eigenvalue weighted by Crippen LogP contribution is -2.40. The molecule has 0 unspecified atom stereocenters. The summed E-state index contributed by atoms with van der Waals surface area (Å²) in [4.78, 5) is 2.29. The maximum atomic E-state index is 10.1. The van der Waals surface area contributed by atoms with Crippen LogP contribution in [-0.2, 0) is 0 Å². The highest BCUT2D eigenvalue weighted by molar-refractivity contribution is 9.10. The Morgan fingerprint density at radius 2 is 1.90 bits per heavy atom. The van der Waals surface area contributed by atoms with Gasteiger partial charge in [-0.25, -0.2) is 0 Å². The highest BCUT2D eigenvalue weighted by atomic mass is 79.9. The van der Waals surface area contributed by atoms with Crippen LogP contribution in [0.1, 0.15) is 32.1 Å². The third kappa shape index (κ3) is 5.08. The Balaban J connectivity index is 1.71. The summed E-state index contributed by atoms with van der Waals surface area (Å²) in [7, 11) is 2.11. The van der Waals surface area contributed by atoms with E-state index in [1.165, 1.54) is 32.1 Å². The van der Waals surface area contributed by atoms with E-state index in [0.29, 0.717) is 19.2 Å². The summed E-state index contributed by atoms with van der Waals surface area (Å²) >= 11 is 3.39. The average molecular weight is 342 g/mol. The molecule has 3 nitrogen and oxygen atoms in total. The lowest BCUT2D eigenvalue weighted by molar-refractivity contribution is 0.0561. The molecule has 1 fully saturated rings. The number of rotatable bonds is 6. The van der Waals surface area contributed by atoms with Gasteiger partial charge in [0.2, 0.25) is 0 Å². The number of halogens is 1. The van der Waals surface area contributed by atoms with Crippen LogP contribution in [-0.4, -0.2) is 42.4 Å². The van der Waals surface area contributed by atoms with Gasteiger partial charge in [0.05, 0.1) is 0 Å². The standard InChI is InChI=1S/C16H24BrNO2/c1-18(14-5-3-2-4-6-14)11-15(19)12-20-16-9-7-13(17)8-10-16/h7-10,14-15,19H,2-6,11-12H2,1H3/t15-/m0/s1. The molecule has 4 heteroatoms. The topological polar surface area (TPSA) is 32.7 Å². The van der Waals surface area contributed by atoms with Crippen molar-refractivity contribution in [1.82, 2.24) is 4.90 Å². The van der Waals surface area contributed by atoms with Crippen LogP contribution in [0.3, 0.4) is 0 Å². The Bertz CT molecular complexity index is 390. The molecule has 0 bridgehead atoms. The largest absolute Gasteiger partial charge is 0.491 e. The highest BCUT2D eigenvalue weighted by Gasteiger charge is 2.20. The van der Waals surface area contributed by atoms with Crippen molar-refractivity contribution < 1.29 is 9.84 Å². The van der Waals surface area contributed by atoms with Gasteiger partial charge in [-0.2, -0.15) is 0 Å². The minimum atomic E-state index is -0.439. The van der Waals surface area contributed by atoms with Crippen LogP contribution in [0.25, 0.3) is 0 Å². The molecule has 1 aromatic carbocycles. The van der Waals surface area contributed by atoms with Gasteiger partial charge in [-0.1, -0.05) is 35.2 Å². The lowest BCUT2D eigenvalue weighted by atomic mass is 9.94. The second-order valence-corrected chi connectivity index (χ2v) is 6.57. The summed E-state index contributed by atoms with van der Waals surface area (Å²) in [6.07, 6.45) is 6.08. The fourth-order valence-electron chi connectivity index (χ4n) is 2.78. The highest BCUT2D eigenvalue weighted by Crippen LogP contribution is 2.22. The van der Waals surface area contributed by atoms with E-state index < -0.39 is 6.10 Å². The Labute approximate surface area is 130 Å². The molecule has 0 saturated heterocycles. The van der Waals surface area contributed by atoms with Gasteiger partial charge >= 0.3 is 0 Å². The van der Waals surface area contributed by atoms with Crippen LogP contribution in [0, 0.1) is 0 Å². The van der Waals surface area contributed by atoms with Crippen molar-refractivity contribution in [3.05, 3.63) is 28.7 Å². The second kappa shape index (κ2) is 8.01. The minimum Gasteiger partial charge on any atom is -0.491 e. The van der Waals surface area contributed by atoms with E-state index in [2.05, 4.69) is 27.9 Å². The third-order valence-corrected chi connectivity index (χ3v) is 4.48. The maximum absolute atomic E-state index is 10.1. The minimum absolute atomic E-state index is 0.346. The van der Waals surface area contributed by atoms with Crippen LogP contribution >= 0.6 is 15.9 Å². The molecular weight excluding hydrogens is 318 g/mol. The van der Waals surface area contributed by atoms with Crippen LogP contribution in [0.4, 0.5) is 0 Å². The average Bonchev–Trinajstić information content (AvgIpc) is 2.47. The molecule has 0 aliphatic heterocycles. The Hall–Kier alpha value is -0.580. The molecule has 1 aromatic rings. The zero-order valence-corrected chi connectivity index (χ0v) is 13.7. The van der Waals surface area contributed by atoms with E-state index in [4.69, 9.17) is 4.74 Å². The van der Waals surface area contributed by atoms with Crippen molar-refractivity contribution in [3.8, 4) is 5.75 Å². The number of benzene rings is 1. The molecule has 1 saturated carbocycles. The smallest absolute Gasteiger partial charge is 0.119 e. The first-order valence-electron chi connectivity index (χ1n) is 7.42. The van der Waals surface area contributed by atoms with Crippen LogP contribution in [0.2, 0.25) is 0 Å². The summed E-state index contributed by atoms with van der Waals surface area (Å²) in [6, 6.07) is 8.32. The van der Waals surface area contributed by atoms with E-state index >= 15 is 0 Å². The van der Waals surface area contributed by atoms with E-state index in [-0.39, 0.29) is 0 Å². The van der Waals surface area contributed by atoms with Crippen molar-refractivity contribution in [3.63, 3.8) is 0 Å². The van der Waals surface area contributed by atoms with Crippen molar-refractivity contribution >= 4 is 15.9 Å². The number of aliphatic hydroxyl groups excluding tert-OH is 1. The van der Waals surface area contributed by atoms with Crippen molar-refractivity contribution in [2.45, 2.75) is 44.2 Å². The summed E-state index contributed by atoms with van der Waals surface area (Å²) < 4.78 is 6.64. The first-order chi connectivity index (χ1) is 9.65. The first kappa shape index (κ1) is 15.8. The third-order valence-electron chi connectivity index (χ3n) is 3.95. The van der Waals surface area contributed by atoms with Gasteiger partial charge < -0.3 is 14.7 Å². The molecule has 0 radical (unpaired) electrons. The molecule has 112 valence electrons. The molecule has 2 rings (SSSR count). The Morgan fingerprint density at radius 1 is 1.25 bits per heavy atom. The molecule has 1 aliphatic rings. The molecule has 20 heavy (non-hydrogen) atoms. The van der Waals surface area contributed by atoms with Gasteiger partial charge in [0, 0.05) is 17.1 Å².